The molecule has 0 amide bonds. The third kappa shape index (κ3) is 3.01. The average Bonchev–Trinajstić information content (AvgIpc) is 2.38. The normalized spacial score (nSPS) is 10.2. The zero-order chi connectivity index (χ0) is 12.1. The molecule has 0 aliphatic heterocycles. The molecule has 0 unspecified atom stereocenters. The van der Waals surface area contributed by atoms with Gasteiger partial charge in [0.1, 0.15) is 12.4 Å². The summed E-state index contributed by atoms with van der Waals surface area (Å²) in [5.41, 5.74) is 8.29. The number of ether oxygens (including phenoxy) is 1. The van der Waals surface area contributed by atoms with E-state index in [9.17, 15) is 0 Å². The smallest absolute Gasteiger partial charge is 0.141 e. The average molecular weight is 229 g/mol. The Labute approximate surface area is 100 Å². The summed E-state index contributed by atoms with van der Waals surface area (Å²) in [5, 5.41) is 0. The molecule has 88 valence electrons. The molecule has 0 aliphatic rings. The summed E-state index contributed by atoms with van der Waals surface area (Å²) in [6.07, 6.45) is 3.52. The fourth-order valence-electron chi connectivity index (χ4n) is 1.43. The summed E-state index contributed by atoms with van der Waals surface area (Å²) < 4.78 is 5.64. The van der Waals surface area contributed by atoms with Crippen LogP contribution in [-0.2, 0) is 13.2 Å². The molecule has 0 radical (unpaired) electrons. The van der Waals surface area contributed by atoms with Gasteiger partial charge in [0.05, 0.1) is 11.4 Å². The predicted molar refractivity (Wildman–Crippen MR) is 65.4 cm³/mol. The van der Waals surface area contributed by atoms with Crippen LogP contribution in [0.5, 0.6) is 5.75 Å². The van der Waals surface area contributed by atoms with Gasteiger partial charge in [-0.2, -0.15) is 0 Å². The van der Waals surface area contributed by atoms with E-state index >= 15 is 0 Å². The Bertz CT molecular complexity index is 482. The largest absolute Gasteiger partial charge is 0.485 e. The third-order valence-corrected chi connectivity index (χ3v) is 2.46. The van der Waals surface area contributed by atoms with Gasteiger partial charge in [0, 0.05) is 18.9 Å². The molecule has 0 saturated heterocycles. The molecular weight excluding hydrogens is 214 g/mol. The minimum atomic E-state index is 0.442. The summed E-state index contributed by atoms with van der Waals surface area (Å²) in [7, 11) is 0. The number of aromatic nitrogens is 2. The van der Waals surface area contributed by atoms with Gasteiger partial charge in [0.15, 0.2) is 0 Å². The van der Waals surface area contributed by atoms with Crippen molar-refractivity contribution in [3.8, 4) is 5.75 Å². The fraction of sp³-hybridized carbons (Fsp3) is 0.231. The molecule has 4 heteroatoms. The van der Waals surface area contributed by atoms with Crippen molar-refractivity contribution >= 4 is 0 Å². The lowest BCUT2D eigenvalue weighted by Gasteiger charge is -2.07. The molecule has 0 fully saturated rings. The van der Waals surface area contributed by atoms with Crippen LogP contribution in [0.2, 0.25) is 0 Å². The van der Waals surface area contributed by atoms with Crippen LogP contribution in [0.15, 0.2) is 36.7 Å². The number of rotatable bonds is 4. The standard InChI is InChI=1S/C13H15N3O/c1-10-13(3-2-6-15-10)17-9-12-5-4-11(7-14)8-16-12/h2-6,8H,7,9,14H2,1H3. The number of aryl methyl sites for hydroxylation is 1. The van der Waals surface area contributed by atoms with Crippen LogP contribution in [0, 0.1) is 6.92 Å². The molecule has 0 aromatic carbocycles. The van der Waals surface area contributed by atoms with E-state index in [1.54, 1.807) is 12.4 Å². The molecule has 0 aliphatic carbocycles. The highest BCUT2D eigenvalue weighted by atomic mass is 16.5. The zero-order valence-electron chi connectivity index (χ0n) is 9.76. The monoisotopic (exact) mass is 229 g/mol. The highest BCUT2D eigenvalue weighted by molar-refractivity contribution is 5.25. The van der Waals surface area contributed by atoms with Crippen molar-refractivity contribution in [1.82, 2.24) is 9.97 Å². The summed E-state index contributed by atoms with van der Waals surface area (Å²) in [6.45, 7) is 2.87. The number of nitrogens with zero attached hydrogens (tertiary/aromatic N) is 2. The van der Waals surface area contributed by atoms with Crippen molar-refractivity contribution in [3.63, 3.8) is 0 Å². The summed E-state index contributed by atoms with van der Waals surface area (Å²) >= 11 is 0. The quantitative estimate of drug-likeness (QED) is 0.868. The topological polar surface area (TPSA) is 61.0 Å². The van der Waals surface area contributed by atoms with Crippen molar-refractivity contribution in [1.29, 1.82) is 0 Å². The molecule has 0 spiro atoms. The van der Waals surface area contributed by atoms with Gasteiger partial charge >= 0.3 is 0 Å². The fourth-order valence-corrected chi connectivity index (χ4v) is 1.43. The molecule has 4 nitrogen and oxygen atoms in total. The van der Waals surface area contributed by atoms with E-state index in [1.165, 1.54) is 0 Å². The highest BCUT2D eigenvalue weighted by Gasteiger charge is 2.00. The molecule has 17 heavy (non-hydrogen) atoms. The first-order valence-corrected chi connectivity index (χ1v) is 5.48. The lowest BCUT2D eigenvalue weighted by atomic mass is 10.2. The van der Waals surface area contributed by atoms with Gasteiger partial charge in [-0.3, -0.25) is 9.97 Å². The van der Waals surface area contributed by atoms with Crippen LogP contribution >= 0.6 is 0 Å². The van der Waals surface area contributed by atoms with Crippen molar-refractivity contribution in [2.75, 3.05) is 0 Å². The molecule has 0 bridgehead atoms. The maximum Gasteiger partial charge on any atom is 0.141 e. The molecule has 2 aromatic rings. The van der Waals surface area contributed by atoms with Gasteiger partial charge in [-0.25, -0.2) is 0 Å². The van der Waals surface area contributed by atoms with Crippen molar-refractivity contribution < 1.29 is 4.74 Å². The van der Waals surface area contributed by atoms with E-state index in [4.69, 9.17) is 10.5 Å². The number of pyridine rings is 2. The minimum Gasteiger partial charge on any atom is -0.485 e. The Morgan fingerprint density at radius 2 is 2.12 bits per heavy atom. The van der Waals surface area contributed by atoms with Crippen LogP contribution in [0.25, 0.3) is 0 Å². The van der Waals surface area contributed by atoms with Crippen LogP contribution in [0.3, 0.4) is 0 Å². The van der Waals surface area contributed by atoms with Crippen LogP contribution < -0.4 is 10.5 Å². The third-order valence-electron chi connectivity index (χ3n) is 2.46. The zero-order valence-corrected chi connectivity index (χ0v) is 9.76. The van der Waals surface area contributed by atoms with Crippen LogP contribution in [0.1, 0.15) is 17.0 Å². The summed E-state index contributed by atoms with van der Waals surface area (Å²) in [6, 6.07) is 7.64. The van der Waals surface area contributed by atoms with E-state index in [0.29, 0.717) is 13.2 Å². The lowest BCUT2D eigenvalue weighted by Crippen LogP contribution is -2.02. The van der Waals surface area contributed by atoms with Gasteiger partial charge in [-0.15, -0.1) is 0 Å². The Kier molecular flexibility index (Phi) is 3.67. The molecule has 2 rings (SSSR count). The summed E-state index contributed by atoms with van der Waals surface area (Å²) in [4.78, 5) is 8.43. The minimum absolute atomic E-state index is 0.442. The maximum atomic E-state index is 5.64. The predicted octanol–water partition coefficient (Wildman–Crippen LogP) is 1.82. The Hall–Kier alpha value is -1.94. The molecular formula is C13H15N3O. The second kappa shape index (κ2) is 5.41. The van der Waals surface area contributed by atoms with Crippen molar-refractivity contribution in [3.05, 3.63) is 53.6 Å². The van der Waals surface area contributed by atoms with Crippen molar-refractivity contribution in [2.24, 2.45) is 5.73 Å². The molecule has 2 heterocycles. The Balaban J connectivity index is 2.00. The molecule has 0 atom stereocenters. The van der Waals surface area contributed by atoms with Gasteiger partial charge in [0.2, 0.25) is 0 Å². The van der Waals surface area contributed by atoms with Crippen LogP contribution in [-0.4, -0.2) is 9.97 Å². The highest BCUT2D eigenvalue weighted by Crippen LogP contribution is 2.15. The van der Waals surface area contributed by atoms with Gasteiger partial charge in [-0.1, -0.05) is 6.07 Å². The molecule has 2 N–H and O–H groups in total. The molecule has 0 saturated carbocycles. The SMILES string of the molecule is Cc1ncccc1OCc1ccc(CN)cn1. The Morgan fingerprint density at radius 1 is 1.24 bits per heavy atom. The van der Waals surface area contributed by atoms with E-state index in [0.717, 1.165) is 22.7 Å². The second-order valence-corrected chi connectivity index (χ2v) is 3.74. The van der Waals surface area contributed by atoms with E-state index in [2.05, 4.69) is 9.97 Å². The van der Waals surface area contributed by atoms with E-state index in [-0.39, 0.29) is 0 Å². The lowest BCUT2D eigenvalue weighted by molar-refractivity contribution is 0.297. The van der Waals surface area contributed by atoms with Gasteiger partial charge in [0.25, 0.3) is 0 Å². The van der Waals surface area contributed by atoms with E-state index in [1.807, 2.05) is 31.2 Å². The first kappa shape index (κ1) is 11.5. The number of hydrogen-bond donors (Lipinski definition) is 1. The van der Waals surface area contributed by atoms with Crippen LogP contribution in [0.4, 0.5) is 0 Å². The Morgan fingerprint density at radius 3 is 2.76 bits per heavy atom. The molecule has 2 aromatic heterocycles. The van der Waals surface area contributed by atoms with Gasteiger partial charge < -0.3 is 10.5 Å². The maximum absolute atomic E-state index is 5.64. The number of hydrogen-bond acceptors (Lipinski definition) is 4. The second-order valence-electron chi connectivity index (χ2n) is 3.74. The first-order valence-electron chi connectivity index (χ1n) is 5.48. The first-order chi connectivity index (χ1) is 8.29. The van der Waals surface area contributed by atoms with Gasteiger partial charge in [-0.05, 0) is 30.7 Å². The number of nitrogens with two attached hydrogens (primary N) is 1. The van der Waals surface area contributed by atoms with E-state index < -0.39 is 0 Å². The van der Waals surface area contributed by atoms with Crippen molar-refractivity contribution in [2.45, 2.75) is 20.1 Å². The summed E-state index contributed by atoms with van der Waals surface area (Å²) in [5.74, 6) is 0.789.